The van der Waals surface area contributed by atoms with E-state index in [0.29, 0.717) is 6.07 Å². The molecule has 0 bridgehead atoms. The topological polar surface area (TPSA) is 198 Å². The monoisotopic (exact) mass is 788 g/mol. The smallest absolute Gasteiger partial charge is 0.481 e. The van der Waals surface area contributed by atoms with Gasteiger partial charge in [0.05, 0.1) is 55.9 Å². The molecule has 2 aromatic carbocycles. The van der Waals surface area contributed by atoms with Crippen molar-refractivity contribution in [1.29, 1.82) is 5.26 Å². The molecule has 0 aliphatic carbocycles. The molecule has 1 N–H and O–H groups in total. The number of aromatic nitrogens is 3. The molecule has 1 fully saturated rings. The molecule has 15 nitrogen and oxygen atoms in total. The van der Waals surface area contributed by atoms with E-state index in [1.54, 1.807) is 25.2 Å². The normalized spacial score (nSPS) is 17.2. The lowest BCUT2D eigenvalue weighted by Gasteiger charge is -2.40. The highest BCUT2D eigenvalue weighted by molar-refractivity contribution is 8.00. The molecule has 19 heteroatoms. The number of allylic oxidation sites excluding steroid dienone is 2. The fraction of sp³-hybridized carbons (Fsp3) is 0.361. The molecule has 4 rings (SSSR count). The number of halogens is 3. The van der Waals surface area contributed by atoms with E-state index in [1.807, 2.05) is 6.07 Å². The summed E-state index contributed by atoms with van der Waals surface area (Å²) < 4.78 is 77.2. The first kappa shape index (κ1) is 42.0. The maximum absolute atomic E-state index is 15.6. The van der Waals surface area contributed by atoms with Crippen molar-refractivity contribution in [2.45, 2.75) is 55.1 Å². The summed E-state index contributed by atoms with van der Waals surface area (Å²) in [5, 5.41) is 20.4. The number of hydrogen-bond donors (Lipinski definition) is 1. The van der Waals surface area contributed by atoms with E-state index >= 15 is 4.39 Å². The van der Waals surface area contributed by atoms with Crippen LogP contribution in [-0.4, -0.2) is 87.3 Å². The zero-order valence-electron chi connectivity index (χ0n) is 29.2. The number of nitrogens with zero attached hydrogens (tertiary/aromatic N) is 4. The summed E-state index contributed by atoms with van der Waals surface area (Å²) in [5.41, 5.74) is -1.69. The maximum Gasteiger partial charge on any atom is 0.512 e. The Morgan fingerprint density at radius 1 is 1.04 bits per heavy atom. The van der Waals surface area contributed by atoms with E-state index in [0.717, 1.165) is 18.2 Å². The fourth-order valence-corrected chi connectivity index (χ4v) is 6.41. The Kier molecular flexibility index (Phi) is 15.8. The number of esters is 2. The highest BCUT2D eigenvalue weighted by Gasteiger charge is 2.47. The average Bonchev–Trinajstić information content (AvgIpc) is 3.66. The molecule has 55 heavy (non-hydrogen) atoms. The molecule has 292 valence electrons. The van der Waals surface area contributed by atoms with Crippen molar-refractivity contribution in [3.05, 3.63) is 101 Å². The molecule has 2 heterocycles. The lowest BCUT2D eigenvalue weighted by atomic mass is 9.89. The standard InChI is InChI=1S/C36H35F3N4O11S/c1-23(55-27-17-50-34(51-18-27)5-3-2-4-25-7-6-24(16-40)14-29(25)38)36(19-43-21-41-20-42-43,28-9-8-26(37)15-30(28)39)54-35(48)53-22-52-33(47)12-13-49-32(46)11-10-31(44)45/h2-9,14-15,20-21,23,27,34H,10-13,17-19,22H2,1H3,(H,44,45). The summed E-state index contributed by atoms with van der Waals surface area (Å²) >= 11 is 1.21. The van der Waals surface area contributed by atoms with Crippen LogP contribution in [0.25, 0.3) is 6.08 Å². The van der Waals surface area contributed by atoms with Crippen LogP contribution in [0.15, 0.2) is 67.3 Å². The Morgan fingerprint density at radius 2 is 1.80 bits per heavy atom. The van der Waals surface area contributed by atoms with Crippen molar-refractivity contribution >= 4 is 41.9 Å². The van der Waals surface area contributed by atoms with Crippen LogP contribution in [-0.2, 0) is 55.0 Å². The first-order valence-corrected chi connectivity index (χ1v) is 17.4. The van der Waals surface area contributed by atoms with Gasteiger partial charge in [0.2, 0.25) is 6.79 Å². The lowest BCUT2D eigenvalue weighted by molar-refractivity contribution is -0.158. The van der Waals surface area contributed by atoms with Gasteiger partial charge in [-0.3, -0.25) is 14.4 Å². The average molecular weight is 789 g/mol. The summed E-state index contributed by atoms with van der Waals surface area (Å²) in [4.78, 5) is 51.2. The van der Waals surface area contributed by atoms with Crippen molar-refractivity contribution in [3.8, 4) is 6.07 Å². The minimum Gasteiger partial charge on any atom is -0.481 e. The Balaban J connectivity index is 1.41. The van der Waals surface area contributed by atoms with Gasteiger partial charge in [-0.1, -0.05) is 24.3 Å². The number of rotatable bonds is 18. The van der Waals surface area contributed by atoms with Crippen molar-refractivity contribution in [2.24, 2.45) is 0 Å². The van der Waals surface area contributed by atoms with E-state index in [-0.39, 0.29) is 48.1 Å². The van der Waals surface area contributed by atoms with Gasteiger partial charge in [-0.05, 0) is 37.3 Å². The molecular weight excluding hydrogens is 753 g/mol. The number of aliphatic carboxylic acids is 1. The molecule has 1 aliphatic heterocycles. The van der Waals surface area contributed by atoms with E-state index in [4.69, 9.17) is 38.8 Å². The quantitative estimate of drug-likeness (QED) is 0.0777. The summed E-state index contributed by atoms with van der Waals surface area (Å²) in [5.74, 6) is -5.42. The molecule has 0 saturated carbocycles. The predicted molar refractivity (Wildman–Crippen MR) is 185 cm³/mol. The second kappa shape index (κ2) is 20.7. The largest absolute Gasteiger partial charge is 0.512 e. The van der Waals surface area contributed by atoms with Gasteiger partial charge in [0.1, 0.15) is 36.7 Å². The number of carbonyl (C=O) groups is 4. The number of carbonyl (C=O) groups excluding carboxylic acids is 3. The molecule has 1 aromatic heterocycles. The third-order valence-electron chi connectivity index (χ3n) is 7.76. The number of benzene rings is 2. The van der Waals surface area contributed by atoms with Crippen LogP contribution in [0.1, 0.15) is 42.9 Å². The molecule has 0 spiro atoms. The molecular formula is C36H35F3N4O11S. The Labute approximate surface area is 316 Å². The Morgan fingerprint density at radius 3 is 2.47 bits per heavy atom. The number of thioether (sulfide) groups is 1. The summed E-state index contributed by atoms with van der Waals surface area (Å²) in [7, 11) is 0. The molecule has 2 atom stereocenters. The number of carboxylic acids is 1. The third kappa shape index (κ3) is 13.0. The molecule has 3 aromatic rings. The third-order valence-corrected chi connectivity index (χ3v) is 9.20. The summed E-state index contributed by atoms with van der Waals surface area (Å²) in [6, 6.07) is 8.72. The van der Waals surface area contributed by atoms with Gasteiger partial charge in [-0.25, -0.2) is 27.6 Å². The maximum atomic E-state index is 15.6. The van der Waals surface area contributed by atoms with Crippen LogP contribution in [0, 0.1) is 28.8 Å². The van der Waals surface area contributed by atoms with Crippen LogP contribution in [0.2, 0.25) is 0 Å². The van der Waals surface area contributed by atoms with Gasteiger partial charge >= 0.3 is 24.1 Å². The number of carboxylic acid groups (broad SMARTS) is 1. The zero-order valence-corrected chi connectivity index (χ0v) is 30.0. The number of ether oxygens (including phenoxy) is 6. The van der Waals surface area contributed by atoms with Gasteiger partial charge in [0.25, 0.3) is 0 Å². The number of nitriles is 1. The molecule has 1 saturated heterocycles. The van der Waals surface area contributed by atoms with Crippen molar-refractivity contribution < 1.29 is 65.9 Å². The molecule has 0 radical (unpaired) electrons. The van der Waals surface area contributed by atoms with Gasteiger partial charge in [-0.15, -0.1) is 11.8 Å². The van der Waals surface area contributed by atoms with Crippen LogP contribution in [0.4, 0.5) is 18.0 Å². The van der Waals surface area contributed by atoms with Gasteiger partial charge in [0, 0.05) is 22.4 Å². The summed E-state index contributed by atoms with van der Waals surface area (Å²) in [6.45, 7) is 0.239. The molecule has 1 aliphatic rings. The van der Waals surface area contributed by atoms with Gasteiger partial charge in [-0.2, -0.15) is 10.4 Å². The van der Waals surface area contributed by atoms with E-state index in [9.17, 15) is 28.0 Å². The highest BCUT2D eigenvalue weighted by Crippen LogP contribution is 2.42. The minimum atomic E-state index is -1.94. The lowest BCUT2D eigenvalue weighted by Crippen LogP contribution is -2.47. The fourth-order valence-electron chi connectivity index (χ4n) is 5.05. The van der Waals surface area contributed by atoms with E-state index in [1.165, 1.54) is 47.3 Å². The van der Waals surface area contributed by atoms with Crippen molar-refractivity contribution in [2.75, 3.05) is 26.6 Å². The number of hydrogen-bond acceptors (Lipinski definition) is 14. The predicted octanol–water partition coefficient (Wildman–Crippen LogP) is 5.05. The van der Waals surface area contributed by atoms with Gasteiger partial charge in [0.15, 0.2) is 11.9 Å². The van der Waals surface area contributed by atoms with Crippen molar-refractivity contribution in [1.82, 2.24) is 14.8 Å². The van der Waals surface area contributed by atoms with Crippen LogP contribution >= 0.6 is 11.8 Å². The highest BCUT2D eigenvalue weighted by atomic mass is 32.2. The van der Waals surface area contributed by atoms with E-state index in [2.05, 4.69) is 10.1 Å². The van der Waals surface area contributed by atoms with Gasteiger partial charge < -0.3 is 33.5 Å². The van der Waals surface area contributed by atoms with Crippen LogP contribution < -0.4 is 0 Å². The van der Waals surface area contributed by atoms with Crippen LogP contribution in [0.5, 0.6) is 0 Å². The Hall–Kier alpha value is -5.71. The zero-order chi connectivity index (χ0) is 39.8. The SMILES string of the molecule is CC(SC1COC(C=CC=Cc2ccc(C#N)cc2F)OC1)C(Cn1cncn1)(OC(=O)OCOC(=O)CCOC(=O)CCC(=O)O)c1ccc(F)cc1F. The Bertz CT molecular complexity index is 1900. The first-order valence-electron chi connectivity index (χ1n) is 16.5. The molecule has 0 amide bonds. The second-order valence-electron chi connectivity index (χ2n) is 11.6. The first-order chi connectivity index (χ1) is 26.4. The van der Waals surface area contributed by atoms with Crippen LogP contribution in [0.3, 0.4) is 0 Å². The second-order valence-corrected chi connectivity index (χ2v) is 13.3. The van der Waals surface area contributed by atoms with Crippen molar-refractivity contribution in [3.63, 3.8) is 0 Å². The summed E-state index contributed by atoms with van der Waals surface area (Å²) in [6.07, 6.45) is 5.41. The molecule has 2 unspecified atom stereocenters. The minimum absolute atomic E-state index is 0.137. The van der Waals surface area contributed by atoms with E-state index < -0.39 is 84.9 Å².